The molecule has 0 saturated heterocycles. The Morgan fingerprint density at radius 2 is 1.88 bits per heavy atom. The van der Waals surface area contributed by atoms with Crippen LogP contribution in [-0.4, -0.2) is 28.3 Å². The number of nitrogens with zero attached hydrogens (tertiary/aromatic N) is 2. The van der Waals surface area contributed by atoms with E-state index in [1.807, 2.05) is 47.6 Å². The van der Waals surface area contributed by atoms with Crippen molar-refractivity contribution in [3.8, 4) is 11.1 Å². The molecular weight excluding hydrogens is 324 g/mol. The second-order valence-electron chi connectivity index (χ2n) is 6.33. The van der Waals surface area contributed by atoms with Gasteiger partial charge in [-0.25, -0.2) is 0 Å². The largest absolute Gasteiger partial charge is 0.510 e. The summed E-state index contributed by atoms with van der Waals surface area (Å²) in [4.78, 5) is 6.42. The van der Waals surface area contributed by atoms with Crippen molar-refractivity contribution in [2.75, 3.05) is 18.1 Å². The summed E-state index contributed by atoms with van der Waals surface area (Å²) < 4.78 is 0. The van der Waals surface area contributed by atoms with E-state index >= 15 is 0 Å². The van der Waals surface area contributed by atoms with Crippen LogP contribution in [0.3, 0.4) is 0 Å². The third-order valence-electron chi connectivity index (χ3n) is 4.64. The minimum Gasteiger partial charge on any atom is -0.510 e. The van der Waals surface area contributed by atoms with Gasteiger partial charge in [0.25, 0.3) is 0 Å². The van der Waals surface area contributed by atoms with E-state index in [0.717, 1.165) is 33.3 Å². The monoisotopic (exact) mass is 344 g/mol. The number of anilines is 1. The number of allylic oxidation sites excluding steroid dienone is 2. The Balaban J connectivity index is 1.77. The van der Waals surface area contributed by atoms with Crippen molar-refractivity contribution in [3.63, 3.8) is 0 Å². The quantitative estimate of drug-likeness (QED) is 0.735. The van der Waals surface area contributed by atoms with Gasteiger partial charge in [0.05, 0.1) is 6.54 Å². The highest BCUT2D eigenvalue weighted by Crippen LogP contribution is 2.32. The number of aliphatic hydroxyl groups excluding tert-OH is 2. The van der Waals surface area contributed by atoms with Gasteiger partial charge in [0.2, 0.25) is 0 Å². The van der Waals surface area contributed by atoms with Gasteiger partial charge in [-0.15, -0.1) is 0 Å². The maximum Gasteiger partial charge on any atom is 0.112 e. The predicted octanol–water partition coefficient (Wildman–Crippen LogP) is 4.43. The zero-order valence-corrected chi connectivity index (χ0v) is 14.3. The highest BCUT2D eigenvalue weighted by Gasteiger charge is 2.17. The molecule has 1 aromatic heterocycles. The molecule has 26 heavy (non-hydrogen) atoms. The normalized spacial score (nSPS) is 14.3. The first-order chi connectivity index (χ1) is 12.8. The Kier molecular flexibility index (Phi) is 4.42. The summed E-state index contributed by atoms with van der Waals surface area (Å²) in [7, 11) is 0. The summed E-state index contributed by atoms with van der Waals surface area (Å²) in [6.45, 7) is 0.479. The fourth-order valence-corrected chi connectivity index (χ4v) is 3.38. The lowest BCUT2D eigenvalue weighted by Gasteiger charge is -2.29. The van der Waals surface area contributed by atoms with Gasteiger partial charge in [0.15, 0.2) is 0 Å². The first-order valence-corrected chi connectivity index (χ1v) is 8.66. The number of aromatic nitrogens is 1. The molecule has 0 fully saturated rings. The standard InChI is InChI=1S/C22H20N2O2/c25-11-10-18-8-9-20(26)15-24(18)19-6-3-5-16(12-19)22-14-23-13-17-4-1-2-7-21(17)22/h1-9,12-14,25-26H,10-11,15H2. The molecule has 4 rings (SSSR count). The molecular formula is C22H20N2O2. The molecule has 2 heterocycles. The summed E-state index contributed by atoms with van der Waals surface area (Å²) in [5.41, 5.74) is 4.12. The van der Waals surface area contributed by atoms with Crippen LogP contribution >= 0.6 is 0 Å². The summed E-state index contributed by atoms with van der Waals surface area (Å²) in [5.74, 6) is 0.309. The molecule has 0 aliphatic carbocycles. The fourth-order valence-electron chi connectivity index (χ4n) is 3.38. The van der Waals surface area contributed by atoms with E-state index < -0.39 is 0 Å². The van der Waals surface area contributed by atoms with Gasteiger partial charge < -0.3 is 15.1 Å². The third kappa shape index (κ3) is 3.07. The van der Waals surface area contributed by atoms with Crippen LogP contribution in [0.4, 0.5) is 5.69 Å². The van der Waals surface area contributed by atoms with E-state index in [-0.39, 0.29) is 6.61 Å². The zero-order valence-electron chi connectivity index (χ0n) is 14.3. The molecule has 4 nitrogen and oxygen atoms in total. The van der Waals surface area contributed by atoms with Crippen LogP contribution in [0, 0.1) is 0 Å². The Hall–Kier alpha value is -3.11. The molecule has 0 amide bonds. The van der Waals surface area contributed by atoms with Gasteiger partial charge in [0.1, 0.15) is 5.76 Å². The maximum atomic E-state index is 9.96. The first-order valence-electron chi connectivity index (χ1n) is 8.66. The minimum absolute atomic E-state index is 0.0733. The number of pyridine rings is 1. The first kappa shape index (κ1) is 16.4. The van der Waals surface area contributed by atoms with E-state index in [9.17, 15) is 10.2 Å². The van der Waals surface area contributed by atoms with Gasteiger partial charge in [-0.1, -0.05) is 36.4 Å². The third-order valence-corrected chi connectivity index (χ3v) is 4.64. The predicted molar refractivity (Wildman–Crippen MR) is 105 cm³/mol. The lowest BCUT2D eigenvalue weighted by Crippen LogP contribution is -2.27. The second kappa shape index (κ2) is 7.02. The molecule has 4 heteroatoms. The molecule has 0 spiro atoms. The Bertz CT molecular complexity index is 1000. The van der Waals surface area contributed by atoms with E-state index in [4.69, 9.17) is 0 Å². The van der Waals surface area contributed by atoms with Crippen LogP contribution in [0.15, 0.2) is 84.5 Å². The van der Waals surface area contributed by atoms with Gasteiger partial charge in [-0.3, -0.25) is 4.98 Å². The van der Waals surface area contributed by atoms with E-state index in [1.165, 1.54) is 0 Å². The smallest absolute Gasteiger partial charge is 0.112 e. The summed E-state index contributed by atoms with van der Waals surface area (Å²) in [5, 5.41) is 21.6. The Morgan fingerprint density at radius 3 is 2.77 bits per heavy atom. The molecule has 1 aliphatic rings. The fraction of sp³-hybridized carbons (Fsp3) is 0.136. The molecule has 2 N–H and O–H groups in total. The number of benzene rings is 2. The molecule has 1 aliphatic heterocycles. The lowest BCUT2D eigenvalue weighted by molar-refractivity contribution is 0.297. The zero-order chi connectivity index (χ0) is 17.9. The summed E-state index contributed by atoms with van der Waals surface area (Å²) >= 11 is 0. The number of hydrogen-bond donors (Lipinski definition) is 2. The molecule has 0 radical (unpaired) electrons. The average Bonchev–Trinajstić information content (AvgIpc) is 2.69. The number of rotatable bonds is 4. The van der Waals surface area contributed by atoms with Gasteiger partial charge >= 0.3 is 0 Å². The number of hydrogen-bond acceptors (Lipinski definition) is 4. The van der Waals surface area contributed by atoms with Crippen molar-refractivity contribution in [1.29, 1.82) is 0 Å². The molecule has 0 unspecified atom stereocenters. The topological polar surface area (TPSA) is 56.6 Å². The minimum atomic E-state index is 0.0733. The number of aliphatic hydroxyl groups is 2. The van der Waals surface area contributed by atoms with Gasteiger partial charge in [-0.05, 0) is 35.2 Å². The van der Waals surface area contributed by atoms with Crippen molar-refractivity contribution in [1.82, 2.24) is 4.98 Å². The molecule has 0 atom stereocenters. The van der Waals surface area contributed by atoms with Crippen molar-refractivity contribution >= 4 is 16.5 Å². The van der Waals surface area contributed by atoms with Gasteiger partial charge in [0, 0.05) is 47.8 Å². The van der Waals surface area contributed by atoms with Crippen molar-refractivity contribution in [2.45, 2.75) is 6.42 Å². The Labute approximate surface area is 152 Å². The van der Waals surface area contributed by atoms with E-state index in [2.05, 4.69) is 29.2 Å². The maximum absolute atomic E-state index is 9.96. The van der Waals surface area contributed by atoms with Crippen LogP contribution in [0.2, 0.25) is 0 Å². The molecule has 2 aromatic carbocycles. The average molecular weight is 344 g/mol. The molecule has 130 valence electrons. The van der Waals surface area contributed by atoms with Gasteiger partial charge in [-0.2, -0.15) is 0 Å². The van der Waals surface area contributed by atoms with E-state index in [1.54, 1.807) is 6.08 Å². The van der Waals surface area contributed by atoms with Crippen LogP contribution < -0.4 is 4.90 Å². The summed E-state index contributed by atoms with van der Waals surface area (Å²) in [6.07, 6.45) is 7.86. The van der Waals surface area contributed by atoms with Crippen LogP contribution in [0.5, 0.6) is 0 Å². The van der Waals surface area contributed by atoms with Crippen molar-refractivity contribution in [3.05, 3.63) is 84.5 Å². The molecule has 3 aromatic rings. The van der Waals surface area contributed by atoms with Crippen LogP contribution in [-0.2, 0) is 0 Å². The van der Waals surface area contributed by atoms with Crippen molar-refractivity contribution < 1.29 is 10.2 Å². The Morgan fingerprint density at radius 1 is 1.00 bits per heavy atom. The molecule has 0 bridgehead atoms. The lowest BCUT2D eigenvalue weighted by atomic mass is 10.00. The van der Waals surface area contributed by atoms with Crippen LogP contribution in [0.1, 0.15) is 6.42 Å². The molecule has 0 saturated carbocycles. The highest BCUT2D eigenvalue weighted by molar-refractivity contribution is 5.96. The second-order valence-corrected chi connectivity index (χ2v) is 6.33. The summed E-state index contributed by atoms with van der Waals surface area (Å²) in [6, 6.07) is 16.4. The van der Waals surface area contributed by atoms with E-state index in [0.29, 0.717) is 18.7 Å². The SMILES string of the molecule is OCCC1=CC=C(O)CN1c1cccc(-c2cncc3ccccc23)c1. The highest BCUT2D eigenvalue weighted by atomic mass is 16.3. The van der Waals surface area contributed by atoms with Crippen molar-refractivity contribution in [2.24, 2.45) is 0 Å². The van der Waals surface area contributed by atoms with Crippen LogP contribution in [0.25, 0.3) is 21.9 Å². The number of fused-ring (bicyclic) bond motifs is 1.